The predicted molar refractivity (Wildman–Crippen MR) is 67.1 cm³/mol. The molecule has 1 nitrogen and oxygen atoms in total. The maximum atomic E-state index is 3.60. The van der Waals surface area contributed by atoms with E-state index in [0.717, 1.165) is 6.54 Å². The second kappa shape index (κ2) is 5.92. The van der Waals surface area contributed by atoms with E-state index in [4.69, 9.17) is 0 Å². The first-order valence-corrected chi connectivity index (χ1v) is 5.95. The molecule has 0 fully saturated rings. The van der Waals surface area contributed by atoms with Crippen LogP contribution in [0.25, 0.3) is 0 Å². The molecular formula is C14H23N. The van der Waals surface area contributed by atoms with Crippen molar-refractivity contribution in [2.45, 2.75) is 40.2 Å². The lowest BCUT2D eigenvalue weighted by molar-refractivity contribution is 0.413. The van der Waals surface area contributed by atoms with Gasteiger partial charge in [-0.3, -0.25) is 0 Å². The van der Waals surface area contributed by atoms with Gasteiger partial charge in [0.15, 0.2) is 0 Å². The highest BCUT2D eigenvalue weighted by atomic mass is 14.9. The Kier molecular flexibility index (Phi) is 4.83. The summed E-state index contributed by atoms with van der Waals surface area (Å²) in [4.78, 5) is 0. The van der Waals surface area contributed by atoms with Gasteiger partial charge in [0.2, 0.25) is 0 Å². The van der Waals surface area contributed by atoms with Gasteiger partial charge in [0, 0.05) is 6.04 Å². The monoisotopic (exact) mass is 205 g/mol. The van der Waals surface area contributed by atoms with Crippen molar-refractivity contribution in [3.05, 3.63) is 35.4 Å². The van der Waals surface area contributed by atoms with Crippen LogP contribution in [0, 0.1) is 12.8 Å². The quantitative estimate of drug-likeness (QED) is 0.773. The van der Waals surface area contributed by atoms with Crippen LogP contribution in [0.15, 0.2) is 24.3 Å². The molecule has 1 rings (SSSR count). The SMILES string of the molecule is CCCNC(c1ccc(C)cc1)C(C)C. The van der Waals surface area contributed by atoms with E-state index in [9.17, 15) is 0 Å². The summed E-state index contributed by atoms with van der Waals surface area (Å²) in [6.45, 7) is 9.98. The van der Waals surface area contributed by atoms with Crippen LogP contribution in [0.1, 0.15) is 44.4 Å². The van der Waals surface area contributed by atoms with E-state index in [1.54, 1.807) is 0 Å². The van der Waals surface area contributed by atoms with Crippen LogP contribution in [0.4, 0.5) is 0 Å². The Hall–Kier alpha value is -0.820. The fourth-order valence-corrected chi connectivity index (χ4v) is 1.81. The van der Waals surface area contributed by atoms with Gasteiger partial charge in [-0.2, -0.15) is 0 Å². The van der Waals surface area contributed by atoms with Gasteiger partial charge in [0.25, 0.3) is 0 Å². The summed E-state index contributed by atoms with van der Waals surface area (Å²) < 4.78 is 0. The fourth-order valence-electron chi connectivity index (χ4n) is 1.81. The fraction of sp³-hybridized carbons (Fsp3) is 0.571. The molecule has 0 bridgehead atoms. The highest BCUT2D eigenvalue weighted by Crippen LogP contribution is 2.21. The lowest BCUT2D eigenvalue weighted by atomic mass is 9.95. The van der Waals surface area contributed by atoms with Gasteiger partial charge in [-0.1, -0.05) is 50.6 Å². The van der Waals surface area contributed by atoms with E-state index in [0.29, 0.717) is 12.0 Å². The van der Waals surface area contributed by atoms with E-state index in [1.165, 1.54) is 17.5 Å². The van der Waals surface area contributed by atoms with Gasteiger partial charge in [-0.05, 0) is 31.4 Å². The zero-order valence-electron chi connectivity index (χ0n) is 10.4. The summed E-state index contributed by atoms with van der Waals surface area (Å²) in [5.74, 6) is 0.638. The molecule has 1 N–H and O–H groups in total. The molecule has 0 heterocycles. The summed E-state index contributed by atoms with van der Waals surface area (Å²) in [7, 11) is 0. The smallest absolute Gasteiger partial charge is 0.0343 e. The van der Waals surface area contributed by atoms with E-state index in [1.807, 2.05) is 0 Å². The molecule has 0 aliphatic heterocycles. The molecule has 0 radical (unpaired) electrons. The van der Waals surface area contributed by atoms with Crippen LogP contribution < -0.4 is 5.32 Å². The molecule has 0 saturated carbocycles. The summed E-state index contributed by atoms with van der Waals surface area (Å²) in [5.41, 5.74) is 2.74. The van der Waals surface area contributed by atoms with Crippen molar-refractivity contribution < 1.29 is 0 Å². The molecule has 1 aromatic rings. The van der Waals surface area contributed by atoms with Crippen LogP contribution in [-0.2, 0) is 0 Å². The third-order valence-corrected chi connectivity index (χ3v) is 2.72. The lowest BCUT2D eigenvalue weighted by Gasteiger charge is -2.22. The highest BCUT2D eigenvalue weighted by molar-refractivity contribution is 5.24. The molecule has 0 amide bonds. The number of hydrogen-bond acceptors (Lipinski definition) is 1. The molecule has 0 spiro atoms. The Morgan fingerprint density at radius 1 is 1.13 bits per heavy atom. The first-order chi connectivity index (χ1) is 7.15. The molecule has 0 aliphatic carbocycles. The predicted octanol–water partition coefficient (Wildman–Crippen LogP) is 3.69. The number of nitrogens with one attached hydrogen (secondary N) is 1. The molecule has 1 unspecified atom stereocenters. The maximum Gasteiger partial charge on any atom is 0.0343 e. The molecule has 1 aromatic carbocycles. The van der Waals surface area contributed by atoms with Crippen LogP contribution in [0.5, 0.6) is 0 Å². The van der Waals surface area contributed by atoms with E-state index < -0.39 is 0 Å². The third-order valence-electron chi connectivity index (χ3n) is 2.72. The molecule has 1 atom stereocenters. The number of hydrogen-bond donors (Lipinski definition) is 1. The minimum Gasteiger partial charge on any atom is -0.310 e. The first kappa shape index (κ1) is 12.3. The summed E-state index contributed by atoms with van der Waals surface area (Å²) in [6, 6.07) is 9.35. The Balaban J connectivity index is 2.74. The van der Waals surface area contributed by atoms with Crippen LogP contribution >= 0.6 is 0 Å². The molecule has 1 heteroatoms. The molecule has 0 saturated heterocycles. The normalized spacial score (nSPS) is 13.1. The molecule has 15 heavy (non-hydrogen) atoms. The van der Waals surface area contributed by atoms with E-state index >= 15 is 0 Å². The van der Waals surface area contributed by atoms with Crippen LogP contribution in [-0.4, -0.2) is 6.54 Å². The standard InChI is InChI=1S/C14H23N/c1-5-10-15-14(11(2)3)13-8-6-12(4)7-9-13/h6-9,11,14-15H,5,10H2,1-4H3. The van der Waals surface area contributed by atoms with Crippen molar-refractivity contribution in [2.24, 2.45) is 5.92 Å². The molecule has 0 aromatic heterocycles. The molecule has 84 valence electrons. The average molecular weight is 205 g/mol. The minimum absolute atomic E-state index is 0.491. The van der Waals surface area contributed by atoms with Gasteiger partial charge in [-0.15, -0.1) is 0 Å². The number of aryl methyl sites for hydroxylation is 1. The lowest BCUT2D eigenvalue weighted by Crippen LogP contribution is -2.26. The van der Waals surface area contributed by atoms with Crippen molar-refractivity contribution in [1.82, 2.24) is 5.32 Å². The summed E-state index contributed by atoms with van der Waals surface area (Å²) >= 11 is 0. The zero-order valence-corrected chi connectivity index (χ0v) is 10.4. The summed E-state index contributed by atoms with van der Waals surface area (Å²) in [6.07, 6.45) is 1.19. The van der Waals surface area contributed by atoms with E-state index in [2.05, 4.69) is 57.3 Å². The minimum atomic E-state index is 0.491. The number of benzene rings is 1. The topological polar surface area (TPSA) is 12.0 Å². The van der Waals surface area contributed by atoms with Gasteiger partial charge in [-0.25, -0.2) is 0 Å². The first-order valence-electron chi connectivity index (χ1n) is 5.95. The second-order valence-corrected chi connectivity index (χ2v) is 4.59. The van der Waals surface area contributed by atoms with Gasteiger partial charge < -0.3 is 5.32 Å². The highest BCUT2D eigenvalue weighted by Gasteiger charge is 2.13. The van der Waals surface area contributed by atoms with Gasteiger partial charge in [0.05, 0.1) is 0 Å². The van der Waals surface area contributed by atoms with Crippen molar-refractivity contribution in [1.29, 1.82) is 0 Å². The largest absolute Gasteiger partial charge is 0.310 e. The van der Waals surface area contributed by atoms with Crippen LogP contribution in [0.3, 0.4) is 0 Å². The second-order valence-electron chi connectivity index (χ2n) is 4.59. The maximum absolute atomic E-state index is 3.60. The Bertz CT molecular complexity index is 274. The Labute approximate surface area is 93.9 Å². The van der Waals surface area contributed by atoms with Crippen LogP contribution in [0.2, 0.25) is 0 Å². The summed E-state index contributed by atoms with van der Waals surface area (Å²) in [5, 5.41) is 3.60. The van der Waals surface area contributed by atoms with Gasteiger partial charge >= 0.3 is 0 Å². The van der Waals surface area contributed by atoms with Crippen molar-refractivity contribution in [2.75, 3.05) is 6.54 Å². The van der Waals surface area contributed by atoms with Crippen molar-refractivity contribution in [3.63, 3.8) is 0 Å². The molecule has 0 aliphatic rings. The Morgan fingerprint density at radius 3 is 2.20 bits per heavy atom. The van der Waals surface area contributed by atoms with Crippen molar-refractivity contribution >= 4 is 0 Å². The van der Waals surface area contributed by atoms with E-state index in [-0.39, 0.29) is 0 Å². The number of rotatable bonds is 5. The van der Waals surface area contributed by atoms with Gasteiger partial charge in [0.1, 0.15) is 0 Å². The Morgan fingerprint density at radius 2 is 1.73 bits per heavy atom. The zero-order chi connectivity index (χ0) is 11.3. The molecular weight excluding hydrogens is 182 g/mol. The van der Waals surface area contributed by atoms with Crippen molar-refractivity contribution in [3.8, 4) is 0 Å². The third kappa shape index (κ3) is 3.67. The average Bonchev–Trinajstić information content (AvgIpc) is 2.21.